The van der Waals surface area contributed by atoms with Crippen LogP contribution in [0, 0.1) is 11.8 Å². The molecule has 0 saturated carbocycles. The molecule has 9 heteroatoms. The fourth-order valence-electron chi connectivity index (χ4n) is 2.91. The average molecular weight is 402 g/mol. The first-order chi connectivity index (χ1) is 13.8. The molecule has 0 saturated heterocycles. The molecule has 1 heterocycles. The van der Waals surface area contributed by atoms with E-state index in [1.165, 1.54) is 13.0 Å². The summed E-state index contributed by atoms with van der Waals surface area (Å²) in [6, 6.07) is 9.14. The van der Waals surface area contributed by atoms with E-state index in [9.17, 15) is 19.2 Å². The molecule has 1 N–H and O–H groups in total. The number of ether oxygens (including phenoxy) is 3. The largest absolute Gasteiger partial charge is 0.468 e. The Morgan fingerprint density at radius 2 is 1.45 bits per heavy atom. The maximum absolute atomic E-state index is 12.7. The number of fused-ring (bicyclic) bond motifs is 1. The van der Waals surface area contributed by atoms with E-state index in [0.717, 1.165) is 26.7 Å². The third-order valence-electron chi connectivity index (χ3n) is 4.53. The minimum atomic E-state index is -1.43. The van der Waals surface area contributed by atoms with Gasteiger partial charge < -0.3 is 19.5 Å². The minimum absolute atomic E-state index is 0.0671. The van der Waals surface area contributed by atoms with E-state index in [4.69, 9.17) is 4.74 Å². The van der Waals surface area contributed by atoms with Gasteiger partial charge in [0.2, 0.25) is 0 Å². The quantitative estimate of drug-likeness (QED) is 0.415. The van der Waals surface area contributed by atoms with Gasteiger partial charge in [0.15, 0.2) is 5.92 Å². The second kappa shape index (κ2) is 9.63. The van der Waals surface area contributed by atoms with Crippen molar-refractivity contribution in [3.05, 3.63) is 42.1 Å². The monoisotopic (exact) mass is 402 g/mol. The van der Waals surface area contributed by atoms with Gasteiger partial charge in [0.25, 0.3) is 5.91 Å². The zero-order valence-corrected chi connectivity index (χ0v) is 16.5. The lowest BCUT2D eigenvalue weighted by atomic mass is 9.87. The van der Waals surface area contributed by atoms with Crippen molar-refractivity contribution >= 4 is 34.7 Å². The molecule has 2 aromatic rings. The van der Waals surface area contributed by atoms with E-state index < -0.39 is 41.7 Å². The number of methoxy groups -OCH3 is 3. The Morgan fingerprint density at radius 1 is 0.862 bits per heavy atom. The lowest BCUT2D eigenvalue weighted by Gasteiger charge is -2.26. The zero-order valence-electron chi connectivity index (χ0n) is 16.5. The SMILES string of the molecule is COC(=O)C(C(=O)OC)[C@@H](C)[C@@H](NC(=O)c1ccc2ccccc2n1)C(=O)OC. The Bertz CT molecular complexity index is 912. The smallest absolute Gasteiger partial charge is 0.328 e. The summed E-state index contributed by atoms with van der Waals surface area (Å²) in [6.07, 6.45) is 0. The molecule has 0 aliphatic rings. The standard InChI is InChI=1S/C20H22N2O7/c1-11(15(18(24)27-2)19(25)28-3)16(20(26)29-4)22-17(23)14-10-9-12-7-5-6-8-13(12)21-14/h5-11,15-16H,1-4H3,(H,22,23)/t11-,16-/m1/s1. The summed E-state index contributed by atoms with van der Waals surface area (Å²) >= 11 is 0. The number of amides is 1. The Hall–Kier alpha value is -3.49. The van der Waals surface area contributed by atoms with E-state index in [1.54, 1.807) is 18.2 Å². The highest BCUT2D eigenvalue weighted by molar-refractivity contribution is 5.99. The van der Waals surface area contributed by atoms with Crippen LogP contribution in [0.2, 0.25) is 0 Å². The van der Waals surface area contributed by atoms with Crippen molar-refractivity contribution in [1.29, 1.82) is 0 Å². The third kappa shape index (κ3) is 4.87. The van der Waals surface area contributed by atoms with Crippen molar-refractivity contribution in [3.63, 3.8) is 0 Å². The molecule has 0 aliphatic heterocycles. The number of carbonyl (C=O) groups excluding carboxylic acids is 4. The molecule has 0 radical (unpaired) electrons. The van der Waals surface area contributed by atoms with Crippen LogP contribution in [0.4, 0.5) is 0 Å². The number of pyridine rings is 1. The molecule has 2 rings (SSSR count). The maximum Gasteiger partial charge on any atom is 0.328 e. The number of nitrogens with one attached hydrogen (secondary N) is 1. The van der Waals surface area contributed by atoms with Gasteiger partial charge in [-0.3, -0.25) is 14.4 Å². The lowest BCUT2D eigenvalue weighted by molar-refractivity contribution is -0.162. The summed E-state index contributed by atoms with van der Waals surface area (Å²) in [4.78, 5) is 53.4. The number of hydrogen-bond acceptors (Lipinski definition) is 8. The van der Waals surface area contributed by atoms with Crippen molar-refractivity contribution in [2.45, 2.75) is 13.0 Å². The molecule has 0 spiro atoms. The van der Waals surface area contributed by atoms with Crippen LogP contribution >= 0.6 is 0 Å². The van der Waals surface area contributed by atoms with Gasteiger partial charge in [0.05, 0.1) is 26.8 Å². The second-order valence-electron chi connectivity index (χ2n) is 6.25. The van der Waals surface area contributed by atoms with Crippen LogP contribution in [0.15, 0.2) is 36.4 Å². The van der Waals surface area contributed by atoms with Crippen LogP contribution in [0.5, 0.6) is 0 Å². The highest BCUT2D eigenvalue weighted by Crippen LogP contribution is 2.21. The number of aromatic nitrogens is 1. The summed E-state index contributed by atoms with van der Waals surface area (Å²) in [5.74, 6) is -5.71. The molecule has 9 nitrogen and oxygen atoms in total. The van der Waals surface area contributed by atoms with Crippen LogP contribution in [-0.4, -0.2) is 56.2 Å². The van der Waals surface area contributed by atoms with Crippen LogP contribution < -0.4 is 5.32 Å². The number of rotatable bonds is 7. The Labute approximate surface area is 167 Å². The summed E-state index contributed by atoms with van der Waals surface area (Å²) < 4.78 is 14.0. The maximum atomic E-state index is 12.7. The van der Waals surface area contributed by atoms with Gasteiger partial charge in [-0.2, -0.15) is 0 Å². The molecule has 0 fully saturated rings. The predicted octanol–water partition coefficient (Wildman–Crippen LogP) is 1.10. The van der Waals surface area contributed by atoms with Gasteiger partial charge in [-0.05, 0) is 12.1 Å². The average Bonchev–Trinajstić information content (AvgIpc) is 2.75. The van der Waals surface area contributed by atoms with E-state index >= 15 is 0 Å². The van der Waals surface area contributed by atoms with Gasteiger partial charge in [0, 0.05) is 11.3 Å². The Balaban J connectivity index is 2.33. The molecule has 2 atom stereocenters. The van der Waals surface area contributed by atoms with Gasteiger partial charge in [0.1, 0.15) is 11.7 Å². The number of carbonyl (C=O) groups is 4. The normalized spacial score (nSPS) is 12.7. The summed E-state index contributed by atoms with van der Waals surface area (Å²) in [5, 5.41) is 3.34. The molecule has 1 amide bonds. The van der Waals surface area contributed by atoms with Gasteiger partial charge in [-0.1, -0.05) is 31.2 Å². The lowest BCUT2D eigenvalue weighted by Crippen LogP contribution is -2.51. The molecule has 154 valence electrons. The van der Waals surface area contributed by atoms with Crippen LogP contribution in [0.3, 0.4) is 0 Å². The molecule has 0 aliphatic carbocycles. The fourth-order valence-corrected chi connectivity index (χ4v) is 2.91. The molecule has 29 heavy (non-hydrogen) atoms. The van der Waals surface area contributed by atoms with Gasteiger partial charge in [-0.25, -0.2) is 9.78 Å². The van der Waals surface area contributed by atoms with Gasteiger partial charge >= 0.3 is 17.9 Å². The van der Waals surface area contributed by atoms with Crippen LogP contribution in [0.25, 0.3) is 10.9 Å². The van der Waals surface area contributed by atoms with Crippen molar-refractivity contribution in [2.24, 2.45) is 11.8 Å². The van der Waals surface area contributed by atoms with Crippen LogP contribution in [0.1, 0.15) is 17.4 Å². The van der Waals surface area contributed by atoms with Gasteiger partial charge in [-0.15, -0.1) is 0 Å². The predicted molar refractivity (Wildman–Crippen MR) is 102 cm³/mol. The Kier molecular flexibility index (Phi) is 7.24. The van der Waals surface area contributed by atoms with E-state index in [-0.39, 0.29) is 5.69 Å². The first-order valence-corrected chi connectivity index (χ1v) is 8.74. The van der Waals surface area contributed by atoms with Crippen molar-refractivity contribution < 1.29 is 33.4 Å². The van der Waals surface area contributed by atoms with E-state index in [0.29, 0.717) is 5.52 Å². The highest BCUT2D eigenvalue weighted by Gasteiger charge is 2.42. The molecule has 0 bridgehead atoms. The molecular formula is C20H22N2O7. The summed E-state index contributed by atoms with van der Waals surface area (Å²) in [5.41, 5.74) is 0.669. The van der Waals surface area contributed by atoms with Crippen molar-refractivity contribution in [2.75, 3.05) is 21.3 Å². The third-order valence-corrected chi connectivity index (χ3v) is 4.53. The topological polar surface area (TPSA) is 121 Å². The summed E-state index contributed by atoms with van der Waals surface area (Å²) in [7, 11) is 3.35. The Morgan fingerprint density at radius 3 is 2.03 bits per heavy atom. The van der Waals surface area contributed by atoms with E-state index in [2.05, 4.69) is 19.8 Å². The van der Waals surface area contributed by atoms with Crippen molar-refractivity contribution in [1.82, 2.24) is 10.3 Å². The molecule has 1 aromatic carbocycles. The zero-order chi connectivity index (χ0) is 21.6. The fraction of sp³-hybridized carbons (Fsp3) is 0.350. The number of esters is 3. The second-order valence-corrected chi connectivity index (χ2v) is 6.25. The molecule has 1 aromatic heterocycles. The first kappa shape index (κ1) is 21.8. The highest BCUT2D eigenvalue weighted by atomic mass is 16.5. The molecule has 0 unspecified atom stereocenters. The van der Waals surface area contributed by atoms with Crippen LogP contribution in [-0.2, 0) is 28.6 Å². The number of hydrogen-bond donors (Lipinski definition) is 1. The number of para-hydroxylation sites is 1. The first-order valence-electron chi connectivity index (χ1n) is 8.74. The number of benzene rings is 1. The van der Waals surface area contributed by atoms with Crippen molar-refractivity contribution in [3.8, 4) is 0 Å². The van der Waals surface area contributed by atoms with E-state index in [1.807, 2.05) is 12.1 Å². The molecular weight excluding hydrogens is 380 g/mol. The minimum Gasteiger partial charge on any atom is -0.468 e. The summed E-state index contributed by atoms with van der Waals surface area (Å²) in [6.45, 7) is 1.44. The number of nitrogens with zero attached hydrogens (tertiary/aromatic N) is 1.